The molecule has 0 aliphatic rings. The van der Waals surface area contributed by atoms with Gasteiger partial charge in [-0.3, -0.25) is 0 Å². The van der Waals surface area contributed by atoms with E-state index < -0.39 is 0 Å². The fraction of sp³-hybridized carbons (Fsp3) is 0.300. The Hall–Kier alpha value is -1.02. The molecule has 1 radical (unpaired) electrons. The summed E-state index contributed by atoms with van der Waals surface area (Å²) in [6.45, 7) is 4.21. The fourth-order valence-corrected chi connectivity index (χ4v) is 0.774. The van der Waals surface area contributed by atoms with E-state index in [1.807, 2.05) is 30.3 Å². The minimum Gasteiger partial charge on any atom is -0.491 e. The van der Waals surface area contributed by atoms with E-state index in [2.05, 4.69) is 6.92 Å². The Balaban J connectivity index is 2.33. The first kappa shape index (κ1) is 9.07. The third kappa shape index (κ3) is 2.93. The predicted octanol–water partition coefficient (Wildman–Crippen LogP) is 1.91. The number of rotatable bonds is 4. The van der Waals surface area contributed by atoms with Crippen molar-refractivity contribution in [2.24, 2.45) is 0 Å². The van der Waals surface area contributed by atoms with Gasteiger partial charge in [0, 0.05) is 7.11 Å². The minimum atomic E-state index is -0.106. The highest BCUT2D eigenvalue weighted by Gasteiger charge is 1.99. The summed E-state index contributed by atoms with van der Waals surface area (Å²) in [5.41, 5.74) is 0. The first-order valence-corrected chi connectivity index (χ1v) is 3.86. The van der Waals surface area contributed by atoms with Crippen molar-refractivity contribution >= 4 is 0 Å². The van der Waals surface area contributed by atoms with Gasteiger partial charge in [-0.25, -0.2) is 0 Å². The maximum Gasteiger partial charge on any atom is 0.119 e. The molecular weight excluding hydrogens is 152 g/mol. The number of hydrogen-bond donors (Lipinski definition) is 0. The topological polar surface area (TPSA) is 18.5 Å². The Kier molecular flexibility index (Phi) is 3.61. The van der Waals surface area contributed by atoms with Crippen LogP contribution in [0.25, 0.3) is 0 Å². The van der Waals surface area contributed by atoms with Crippen LogP contribution in [0, 0.1) is 6.92 Å². The largest absolute Gasteiger partial charge is 0.491 e. The molecule has 0 aliphatic heterocycles. The lowest BCUT2D eigenvalue weighted by atomic mass is 10.3. The van der Waals surface area contributed by atoms with Gasteiger partial charge in [0.25, 0.3) is 0 Å². The predicted molar refractivity (Wildman–Crippen MR) is 48.1 cm³/mol. The van der Waals surface area contributed by atoms with Gasteiger partial charge in [0.15, 0.2) is 0 Å². The molecule has 12 heavy (non-hydrogen) atoms. The maximum absolute atomic E-state index is 5.37. The lowest BCUT2D eigenvalue weighted by molar-refractivity contribution is 0.0897. The van der Waals surface area contributed by atoms with E-state index in [-0.39, 0.29) is 6.10 Å². The number of benzene rings is 1. The average molecular weight is 165 g/mol. The SMILES string of the molecule is [CH2]C(COc1ccccc1)OC. The number of methoxy groups -OCH3 is 1. The normalized spacial score (nSPS) is 12.5. The highest BCUT2D eigenvalue weighted by molar-refractivity contribution is 5.20. The molecule has 1 rings (SSSR count). The Labute approximate surface area is 73.1 Å². The summed E-state index contributed by atoms with van der Waals surface area (Å²) >= 11 is 0. The first-order chi connectivity index (χ1) is 5.83. The third-order valence-electron chi connectivity index (χ3n) is 1.51. The van der Waals surface area contributed by atoms with Crippen LogP contribution < -0.4 is 4.74 Å². The van der Waals surface area contributed by atoms with Gasteiger partial charge in [-0.15, -0.1) is 0 Å². The zero-order valence-corrected chi connectivity index (χ0v) is 7.19. The van der Waals surface area contributed by atoms with E-state index in [0.29, 0.717) is 6.61 Å². The maximum atomic E-state index is 5.37. The molecule has 0 N–H and O–H groups in total. The van der Waals surface area contributed by atoms with Crippen LogP contribution in [0.3, 0.4) is 0 Å². The van der Waals surface area contributed by atoms with Crippen LogP contribution in [0.2, 0.25) is 0 Å². The van der Waals surface area contributed by atoms with E-state index in [4.69, 9.17) is 9.47 Å². The second kappa shape index (κ2) is 4.78. The van der Waals surface area contributed by atoms with Crippen molar-refractivity contribution in [2.45, 2.75) is 6.10 Å². The molecule has 2 nitrogen and oxygen atoms in total. The van der Waals surface area contributed by atoms with Crippen molar-refractivity contribution in [2.75, 3.05) is 13.7 Å². The summed E-state index contributed by atoms with van der Waals surface area (Å²) in [4.78, 5) is 0. The molecule has 0 saturated carbocycles. The Morgan fingerprint density at radius 2 is 2.00 bits per heavy atom. The molecule has 1 unspecified atom stereocenters. The Bertz CT molecular complexity index is 208. The quantitative estimate of drug-likeness (QED) is 0.678. The standard InChI is InChI=1S/C10H13O2/c1-9(11-2)8-12-10-6-4-3-5-7-10/h3-7,9H,1,8H2,2H3. The molecule has 2 heteroatoms. The molecule has 0 heterocycles. The molecule has 0 amide bonds. The number of ether oxygens (including phenoxy) is 2. The van der Waals surface area contributed by atoms with Crippen molar-refractivity contribution < 1.29 is 9.47 Å². The van der Waals surface area contributed by atoms with Crippen molar-refractivity contribution in [3.8, 4) is 5.75 Å². The molecule has 0 saturated heterocycles. The van der Waals surface area contributed by atoms with E-state index >= 15 is 0 Å². The van der Waals surface area contributed by atoms with Crippen LogP contribution in [0.1, 0.15) is 0 Å². The third-order valence-corrected chi connectivity index (χ3v) is 1.51. The van der Waals surface area contributed by atoms with Gasteiger partial charge in [-0.1, -0.05) is 18.2 Å². The van der Waals surface area contributed by atoms with Crippen molar-refractivity contribution in [1.29, 1.82) is 0 Å². The highest BCUT2D eigenvalue weighted by Crippen LogP contribution is 2.08. The lowest BCUT2D eigenvalue weighted by Gasteiger charge is -2.10. The molecule has 65 valence electrons. The molecule has 0 fully saturated rings. The van der Waals surface area contributed by atoms with Gasteiger partial charge in [-0.05, 0) is 19.1 Å². The van der Waals surface area contributed by atoms with Gasteiger partial charge in [-0.2, -0.15) is 0 Å². The zero-order valence-electron chi connectivity index (χ0n) is 7.19. The highest BCUT2D eigenvalue weighted by atomic mass is 16.5. The zero-order chi connectivity index (χ0) is 8.81. The number of para-hydroxylation sites is 1. The minimum absolute atomic E-state index is 0.106. The molecule has 1 atom stereocenters. The summed E-state index contributed by atoms with van der Waals surface area (Å²) in [7, 11) is 1.62. The smallest absolute Gasteiger partial charge is 0.119 e. The Morgan fingerprint density at radius 3 is 2.58 bits per heavy atom. The second-order valence-electron chi connectivity index (χ2n) is 2.48. The van der Waals surface area contributed by atoms with Gasteiger partial charge >= 0.3 is 0 Å². The summed E-state index contributed by atoms with van der Waals surface area (Å²) < 4.78 is 10.3. The van der Waals surface area contributed by atoms with Gasteiger partial charge in [0.05, 0.1) is 6.10 Å². The first-order valence-electron chi connectivity index (χ1n) is 3.86. The van der Waals surface area contributed by atoms with Gasteiger partial charge in [0.1, 0.15) is 12.4 Å². The Morgan fingerprint density at radius 1 is 1.33 bits per heavy atom. The van der Waals surface area contributed by atoms with Crippen LogP contribution in [-0.4, -0.2) is 19.8 Å². The van der Waals surface area contributed by atoms with Crippen LogP contribution in [0.15, 0.2) is 30.3 Å². The average Bonchev–Trinajstić information content (AvgIpc) is 2.16. The molecular formula is C10H13O2. The van der Waals surface area contributed by atoms with E-state index in [9.17, 15) is 0 Å². The van der Waals surface area contributed by atoms with Gasteiger partial charge < -0.3 is 9.47 Å². The lowest BCUT2D eigenvalue weighted by Crippen LogP contribution is -2.16. The summed E-state index contributed by atoms with van der Waals surface area (Å²) in [5, 5.41) is 0. The monoisotopic (exact) mass is 165 g/mol. The molecule has 0 spiro atoms. The van der Waals surface area contributed by atoms with E-state index in [0.717, 1.165) is 5.75 Å². The van der Waals surface area contributed by atoms with Crippen LogP contribution in [0.5, 0.6) is 5.75 Å². The van der Waals surface area contributed by atoms with Crippen LogP contribution >= 0.6 is 0 Å². The number of hydrogen-bond acceptors (Lipinski definition) is 2. The summed E-state index contributed by atoms with van der Waals surface area (Å²) in [5.74, 6) is 0.850. The van der Waals surface area contributed by atoms with Crippen molar-refractivity contribution in [1.82, 2.24) is 0 Å². The summed E-state index contributed by atoms with van der Waals surface area (Å²) in [6.07, 6.45) is -0.106. The van der Waals surface area contributed by atoms with Crippen LogP contribution in [0.4, 0.5) is 0 Å². The molecule has 0 aromatic heterocycles. The van der Waals surface area contributed by atoms with Gasteiger partial charge in [0.2, 0.25) is 0 Å². The summed E-state index contributed by atoms with van der Waals surface area (Å²) in [6, 6.07) is 9.62. The van der Waals surface area contributed by atoms with E-state index in [1.165, 1.54) is 0 Å². The second-order valence-corrected chi connectivity index (χ2v) is 2.48. The van der Waals surface area contributed by atoms with Crippen molar-refractivity contribution in [3.63, 3.8) is 0 Å². The van der Waals surface area contributed by atoms with E-state index in [1.54, 1.807) is 7.11 Å². The molecule has 1 aromatic carbocycles. The molecule has 0 aliphatic carbocycles. The fourth-order valence-electron chi connectivity index (χ4n) is 0.774. The van der Waals surface area contributed by atoms with Crippen molar-refractivity contribution in [3.05, 3.63) is 37.3 Å². The van der Waals surface area contributed by atoms with Crippen LogP contribution in [-0.2, 0) is 4.74 Å². The molecule has 0 bridgehead atoms. The molecule has 1 aromatic rings.